The summed E-state index contributed by atoms with van der Waals surface area (Å²) in [6.07, 6.45) is 0. The summed E-state index contributed by atoms with van der Waals surface area (Å²) in [5.74, 6) is 1.41. The molecule has 0 radical (unpaired) electrons. The zero-order valence-corrected chi connectivity index (χ0v) is 16.1. The molecule has 1 aliphatic rings. The maximum Gasteiger partial charge on any atom is 0.374 e. The van der Waals surface area contributed by atoms with Gasteiger partial charge >= 0.3 is 5.97 Å². The molecular formula is C22H23NO5. The Hall–Kier alpha value is -2.99. The van der Waals surface area contributed by atoms with Crippen molar-refractivity contribution in [2.75, 3.05) is 19.9 Å². The molecule has 4 rings (SSSR count). The first-order valence-electron chi connectivity index (χ1n) is 9.48. The lowest BCUT2D eigenvalue weighted by atomic mass is 10.1. The van der Waals surface area contributed by atoms with Gasteiger partial charge in [-0.1, -0.05) is 31.2 Å². The molecule has 0 atom stereocenters. The number of rotatable bonds is 7. The van der Waals surface area contributed by atoms with Gasteiger partial charge < -0.3 is 18.6 Å². The van der Waals surface area contributed by atoms with E-state index in [1.54, 1.807) is 6.92 Å². The number of furan rings is 1. The first-order valence-corrected chi connectivity index (χ1v) is 9.48. The first kappa shape index (κ1) is 18.4. The number of esters is 1. The van der Waals surface area contributed by atoms with Gasteiger partial charge in [0.15, 0.2) is 11.5 Å². The molecular weight excluding hydrogens is 358 g/mol. The molecule has 6 heteroatoms. The lowest BCUT2D eigenvalue weighted by Crippen LogP contribution is -2.23. The van der Waals surface area contributed by atoms with Crippen molar-refractivity contribution in [1.29, 1.82) is 0 Å². The first-order chi connectivity index (χ1) is 13.7. The number of ether oxygens (including phenoxy) is 3. The van der Waals surface area contributed by atoms with Crippen molar-refractivity contribution in [2.24, 2.45) is 0 Å². The normalized spacial score (nSPS) is 12.7. The molecule has 0 saturated carbocycles. The van der Waals surface area contributed by atoms with Gasteiger partial charge in [0.25, 0.3) is 0 Å². The molecule has 0 unspecified atom stereocenters. The highest BCUT2D eigenvalue weighted by Crippen LogP contribution is 2.33. The molecule has 146 valence electrons. The largest absolute Gasteiger partial charge is 0.460 e. The Morgan fingerprint density at radius 3 is 2.71 bits per heavy atom. The maximum absolute atomic E-state index is 12.4. The van der Waals surface area contributed by atoms with Gasteiger partial charge in [-0.3, -0.25) is 4.90 Å². The van der Waals surface area contributed by atoms with E-state index in [9.17, 15) is 4.79 Å². The third-order valence-corrected chi connectivity index (χ3v) is 4.83. The fraction of sp³-hybridized carbons (Fsp3) is 0.318. The third kappa shape index (κ3) is 3.55. The van der Waals surface area contributed by atoms with E-state index in [2.05, 4.69) is 11.8 Å². The molecule has 0 N–H and O–H groups in total. The van der Waals surface area contributed by atoms with Gasteiger partial charge in [-0.15, -0.1) is 0 Å². The van der Waals surface area contributed by atoms with Gasteiger partial charge in [-0.2, -0.15) is 0 Å². The number of hydrogen-bond acceptors (Lipinski definition) is 6. The second kappa shape index (κ2) is 7.94. The Morgan fingerprint density at radius 1 is 1.07 bits per heavy atom. The molecule has 28 heavy (non-hydrogen) atoms. The Kier molecular flexibility index (Phi) is 5.21. The fourth-order valence-electron chi connectivity index (χ4n) is 3.42. The fourth-order valence-corrected chi connectivity index (χ4v) is 3.42. The molecule has 2 aromatic carbocycles. The van der Waals surface area contributed by atoms with Crippen molar-refractivity contribution in [3.05, 3.63) is 59.4 Å². The summed E-state index contributed by atoms with van der Waals surface area (Å²) in [5.41, 5.74) is 2.67. The molecule has 3 aromatic rings. The highest BCUT2D eigenvalue weighted by Gasteiger charge is 2.23. The van der Waals surface area contributed by atoms with Crippen LogP contribution >= 0.6 is 0 Å². The summed E-state index contributed by atoms with van der Waals surface area (Å²) in [6.45, 7) is 6.57. The van der Waals surface area contributed by atoms with E-state index >= 15 is 0 Å². The van der Waals surface area contributed by atoms with Crippen molar-refractivity contribution < 1.29 is 23.4 Å². The molecule has 0 bridgehead atoms. The van der Waals surface area contributed by atoms with Crippen LogP contribution in [0.15, 0.2) is 46.9 Å². The van der Waals surface area contributed by atoms with Crippen LogP contribution in [0.4, 0.5) is 0 Å². The third-order valence-electron chi connectivity index (χ3n) is 4.83. The summed E-state index contributed by atoms with van der Waals surface area (Å²) in [5, 5.41) is 0.940. The van der Waals surface area contributed by atoms with Crippen molar-refractivity contribution in [3.8, 4) is 11.5 Å². The second-order valence-electron chi connectivity index (χ2n) is 6.62. The van der Waals surface area contributed by atoms with Gasteiger partial charge in [0, 0.05) is 24.0 Å². The van der Waals surface area contributed by atoms with Gasteiger partial charge in [-0.25, -0.2) is 4.79 Å². The molecule has 1 aliphatic heterocycles. The Balaban J connectivity index is 1.61. The van der Waals surface area contributed by atoms with Crippen LogP contribution in [0.1, 0.15) is 35.5 Å². The highest BCUT2D eigenvalue weighted by molar-refractivity contribution is 5.96. The topological polar surface area (TPSA) is 61.1 Å². The van der Waals surface area contributed by atoms with Crippen LogP contribution in [0.25, 0.3) is 11.0 Å². The maximum atomic E-state index is 12.4. The molecule has 0 aliphatic carbocycles. The Bertz CT molecular complexity index is 994. The molecule has 0 amide bonds. The van der Waals surface area contributed by atoms with Crippen LogP contribution in [0.3, 0.4) is 0 Å². The van der Waals surface area contributed by atoms with Crippen LogP contribution in [-0.4, -0.2) is 30.8 Å². The minimum Gasteiger partial charge on any atom is -0.460 e. The number of benzene rings is 2. The number of carbonyl (C=O) groups is 1. The quantitative estimate of drug-likeness (QED) is 0.567. The van der Waals surface area contributed by atoms with Gasteiger partial charge in [0.05, 0.1) is 6.61 Å². The average molecular weight is 381 g/mol. The van der Waals surface area contributed by atoms with E-state index in [0.717, 1.165) is 41.1 Å². The predicted molar refractivity (Wildman–Crippen MR) is 105 cm³/mol. The van der Waals surface area contributed by atoms with E-state index in [1.807, 2.05) is 42.5 Å². The summed E-state index contributed by atoms with van der Waals surface area (Å²) in [4.78, 5) is 14.7. The van der Waals surface area contributed by atoms with Crippen LogP contribution in [-0.2, 0) is 17.8 Å². The van der Waals surface area contributed by atoms with E-state index in [-0.39, 0.29) is 12.6 Å². The highest BCUT2D eigenvalue weighted by atomic mass is 16.7. The molecule has 0 saturated heterocycles. The minimum absolute atomic E-state index is 0.264. The SMILES string of the molecule is CCOC(=O)c1oc2ccccc2c1CN(CC)Cc1ccc2c(c1)OCO2. The minimum atomic E-state index is -0.423. The number of nitrogens with zero attached hydrogens (tertiary/aromatic N) is 1. The number of hydrogen-bond donors (Lipinski definition) is 0. The second-order valence-corrected chi connectivity index (χ2v) is 6.62. The van der Waals surface area contributed by atoms with Gasteiger partial charge in [0.1, 0.15) is 5.58 Å². The van der Waals surface area contributed by atoms with Crippen molar-refractivity contribution in [1.82, 2.24) is 4.90 Å². The monoisotopic (exact) mass is 381 g/mol. The molecule has 1 aromatic heterocycles. The number of fused-ring (bicyclic) bond motifs is 2. The average Bonchev–Trinajstić information content (AvgIpc) is 3.32. The molecule has 0 fully saturated rings. The van der Waals surface area contributed by atoms with Crippen LogP contribution in [0.5, 0.6) is 11.5 Å². The van der Waals surface area contributed by atoms with Gasteiger partial charge in [0.2, 0.25) is 12.6 Å². The van der Waals surface area contributed by atoms with E-state index < -0.39 is 5.97 Å². The van der Waals surface area contributed by atoms with Crippen molar-refractivity contribution in [2.45, 2.75) is 26.9 Å². The molecule has 6 nitrogen and oxygen atoms in total. The Morgan fingerprint density at radius 2 is 1.89 bits per heavy atom. The number of carbonyl (C=O) groups excluding carboxylic acids is 1. The van der Waals surface area contributed by atoms with Gasteiger partial charge in [-0.05, 0) is 37.2 Å². The van der Waals surface area contributed by atoms with Crippen LogP contribution < -0.4 is 9.47 Å². The summed E-state index contributed by atoms with van der Waals surface area (Å²) < 4.78 is 21.9. The lowest BCUT2D eigenvalue weighted by Gasteiger charge is -2.20. The predicted octanol–water partition coefficient (Wildman–Crippen LogP) is 4.36. The summed E-state index contributed by atoms with van der Waals surface area (Å²) in [6, 6.07) is 13.7. The van der Waals surface area contributed by atoms with Crippen LogP contribution in [0.2, 0.25) is 0 Å². The number of para-hydroxylation sites is 1. The van der Waals surface area contributed by atoms with E-state index in [1.165, 1.54) is 0 Å². The molecule has 2 heterocycles. The van der Waals surface area contributed by atoms with E-state index in [0.29, 0.717) is 18.7 Å². The van der Waals surface area contributed by atoms with Crippen LogP contribution in [0, 0.1) is 0 Å². The lowest BCUT2D eigenvalue weighted by molar-refractivity contribution is 0.0489. The zero-order chi connectivity index (χ0) is 19.5. The summed E-state index contributed by atoms with van der Waals surface area (Å²) >= 11 is 0. The molecule has 0 spiro atoms. The van der Waals surface area contributed by atoms with E-state index in [4.69, 9.17) is 18.6 Å². The zero-order valence-electron chi connectivity index (χ0n) is 16.1. The smallest absolute Gasteiger partial charge is 0.374 e. The Labute approximate surface area is 163 Å². The summed E-state index contributed by atoms with van der Waals surface area (Å²) in [7, 11) is 0. The van der Waals surface area contributed by atoms with Crippen molar-refractivity contribution in [3.63, 3.8) is 0 Å². The standard InChI is InChI=1S/C22H23NO5/c1-3-23(12-15-9-10-19-20(11-15)27-14-26-19)13-17-16-7-5-6-8-18(16)28-21(17)22(24)25-4-2/h5-11H,3-4,12-14H2,1-2H3. The van der Waals surface area contributed by atoms with Crippen molar-refractivity contribution >= 4 is 16.9 Å².